The third kappa shape index (κ3) is 3.42. The van der Waals surface area contributed by atoms with Gasteiger partial charge in [-0.3, -0.25) is 4.79 Å². The van der Waals surface area contributed by atoms with Crippen LogP contribution in [0.5, 0.6) is 0 Å². The molecule has 4 nitrogen and oxygen atoms in total. The maximum absolute atomic E-state index is 12.2. The highest BCUT2D eigenvalue weighted by atomic mass is 16.1. The standard InChI is InChI=1S/C23H21N3O/c1-2-16-4-3-5-20-19-12-11-18(14-21(19)26-23(16)20)25-22(27)13-8-15-6-9-17(24)10-7-15/h3-14,26H,2,24H2,1H3,(H,25,27)/b13-8+. The summed E-state index contributed by atoms with van der Waals surface area (Å²) in [6.45, 7) is 2.15. The second-order valence-electron chi connectivity index (χ2n) is 6.57. The molecule has 1 heterocycles. The lowest BCUT2D eigenvalue weighted by atomic mass is 10.1. The van der Waals surface area contributed by atoms with E-state index in [2.05, 4.69) is 35.4 Å². The summed E-state index contributed by atoms with van der Waals surface area (Å²) in [4.78, 5) is 15.7. The summed E-state index contributed by atoms with van der Waals surface area (Å²) in [5, 5.41) is 5.29. The highest BCUT2D eigenvalue weighted by Crippen LogP contribution is 2.29. The predicted molar refractivity (Wildman–Crippen MR) is 114 cm³/mol. The van der Waals surface area contributed by atoms with Crippen LogP contribution in [0.2, 0.25) is 0 Å². The zero-order valence-electron chi connectivity index (χ0n) is 15.1. The maximum atomic E-state index is 12.2. The molecule has 4 aromatic rings. The average Bonchev–Trinajstić information content (AvgIpc) is 3.05. The molecule has 4 heteroatoms. The number of aryl methyl sites for hydroxylation is 1. The topological polar surface area (TPSA) is 70.9 Å². The molecule has 4 rings (SSSR count). The van der Waals surface area contributed by atoms with Crippen molar-refractivity contribution in [3.63, 3.8) is 0 Å². The number of aromatic amines is 1. The minimum atomic E-state index is -0.170. The molecule has 0 saturated heterocycles. The lowest BCUT2D eigenvalue weighted by Gasteiger charge is -2.02. The third-order valence-electron chi connectivity index (χ3n) is 4.73. The summed E-state index contributed by atoms with van der Waals surface area (Å²) in [5.74, 6) is -0.170. The van der Waals surface area contributed by atoms with Gasteiger partial charge in [0.2, 0.25) is 5.91 Å². The molecule has 134 valence electrons. The molecule has 0 atom stereocenters. The van der Waals surface area contributed by atoms with Crippen LogP contribution in [0.4, 0.5) is 11.4 Å². The summed E-state index contributed by atoms with van der Waals surface area (Å²) >= 11 is 0. The average molecular weight is 355 g/mol. The van der Waals surface area contributed by atoms with Crippen molar-refractivity contribution in [3.05, 3.63) is 77.9 Å². The van der Waals surface area contributed by atoms with E-state index in [1.165, 1.54) is 22.5 Å². The fourth-order valence-electron chi connectivity index (χ4n) is 3.32. The first-order chi connectivity index (χ1) is 13.1. The van der Waals surface area contributed by atoms with Gasteiger partial charge < -0.3 is 16.0 Å². The summed E-state index contributed by atoms with van der Waals surface area (Å²) < 4.78 is 0. The highest BCUT2D eigenvalue weighted by molar-refractivity contribution is 6.10. The van der Waals surface area contributed by atoms with Crippen LogP contribution in [0.15, 0.2) is 66.7 Å². The molecule has 1 aromatic heterocycles. The van der Waals surface area contributed by atoms with Crippen molar-refractivity contribution < 1.29 is 4.79 Å². The van der Waals surface area contributed by atoms with Crippen LogP contribution in [-0.2, 0) is 11.2 Å². The Hall–Kier alpha value is -3.53. The van der Waals surface area contributed by atoms with Gasteiger partial charge in [0.1, 0.15) is 0 Å². The van der Waals surface area contributed by atoms with Crippen LogP contribution < -0.4 is 11.1 Å². The van der Waals surface area contributed by atoms with Gasteiger partial charge in [-0.25, -0.2) is 0 Å². The van der Waals surface area contributed by atoms with Gasteiger partial charge in [0.05, 0.1) is 0 Å². The number of benzene rings is 3. The number of hydrogen-bond acceptors (Lipinski definition) is 2. The molecule has 4 N–H and O–H groups in total. The molecule has 3 aromatic carbocycles. The summed E-state index contributed by atoms with van der Waals surface area (Å²) in [6.07, 6.45) is 4.27. The molecule has 0 radical (unpaired) electrons. The molecule has 0 aliphatic carbocycles. The minimum Gasteiger partial charge on any atom is -0.399 e. The van der Waals surface area contributed by atoms with Crippen molar-refractivity contribution in [1.29, 1.82) is 0 Å². The summed E-state index contributed by atoms with van der Waals surface area (Å²) in [5.41, 5.74) is 11.5. The molecular formula is C23H21N3O. The molecule has 0 spiro atoms. The van der Waals surface area contributed by atoms with E-state index >= 15 is 0 Å². The van der Waals surface area contributed by atoms with E-state index in [4.69, 9.17) is 5.73 Å². The number of fused-ring (bicyclic) bond motifs is 3. The minimum absolute atomic E-state index is 0.170. The quantitative estimate of drug-likeness (QED) is 0.351. The number of nitrogen functional groups attached to an aromatic ring is 1. The number of hydrogen-bond donors (Lipinski definition) is 3. The van der Waals surface area contributed by atoms with Gasteiger partial charge in [-0.2, -0.15) is 0 Å². The van der Waals surface area contributed by atoms with Crippen molar-refractivity contribution in [2.24, 2.45) is 0 Å². The van der Waals surface area contributed by atoms with Gasteiger partial charge >= 0.3 is 0 Å². The molecule has 0 aliphatic rings. The normalized spacial score (nSPS) is 11.4. The van der Waals surface area contributed by atoms with Crippen molar-refractivity contribution in [3.8, 4) is 0 Å². The number of amides is 1. The van der Waals surface area contributed by atoms with Crippen LogP contribution in [0.25, 0.3) is 27.9 Å². The van der Waals surface area contributed by atoms with E-state index in [-0.39, 0.29) is 5.91 Å². The number of para-hydroxylation sites is 1. The number of nitrogens with two attached hydrogens (primary N) is 1. The molecule has 0 bridgehead atoms. The van der Waals surface area contributed by atoms with E-state index in [0.717, 1.165) is 28.6 Å². The SMILES string of the molecule is CCc1cccc2c1[nH]c1cc(NC(=O)/C=C/c3ccc(N)cc3)ccc12. The number of H-pyrrole nitrogens is 1. The fraction of sp³-hybridized carbons (Fsp3) is 0.0870. The number of anilines is 2. The first-order valence-electron chi connectivity index (χ1n) is 9.02. The Balaban J connectivity index is 1.57. The Kier molecular flexibility index (Phi) is 4.38. The van der Waals surface area contributed by atoms with Gasteiger partial charge in [-0.15, -0.1) is 0 Å². The number of carbonyl (C=O) groups is 1. The number of carbonyl (C=O) groups excluding carboxylic acids is 1. The van der Waals surface area contributed by atoms with Gasteiger partial charge in [-0.05, 0) is 47.9 Å². The van der Waals surface area contributed by atoms with Gasteiger partial charge in [0, 0.05) is 39.3 Å². The van der Waals surface area contributed by atoms with E-state index in [0.29, 0.717) is 5.69 Å². The number of rotatable bonds is 4. The lowest BCUT2D eigenvalue weighted by molar-refractivity contribution is -0.111. The largest absolute Gasteiger partial charge is 0.399 e. The van der Waals surface area contributed by atoms with Gasteiger partial charge in [0.25, 0.3) is 0 Å². The molecule has 0 saturated carbocycles. The van der Waals surface area contributed by atoms with Crippen molar-refractivity contribution >= 4 is 45.2 Å². The van der Waals surface area contributed by atoms with E-state index in [1.54, 1.807) is 6.08 Å². The third-order valence-corrected chi connectivity index (χ3v) is 4.73. The molecular weight excluding hydrogens is 334 g/mol. The zero-order chi connectivity index (χ0) is 18.8. The van der Waals surface area contributed by atoms with Crippen molar-refractivity contribution in [2.45, 2.75) is 13.3 Å². The molecule has 0 fully saturated rings. The van der Waals surface area contributed by atoms with Crippen LogP contribution in [0.3, 0.4) is 0 Å². The Labute approximate surface area is 157 Å². The first-order valence-corrected chi connectivity index (χ1v) is 9.02. The zero-order valence-corrected chi connectivity index (χ0v) is 15.1. The fourth-order valence-corrected chi connectivity index (χ4v) is 3.32. The Morgan fingerprint density at radius 2 is 1.89 bits per heavy atom. The monoisotopic (exact) mass is 355 g/mol. The van der Waals surface area contributed by atoms with Crippen LogP contribution in [0.1, 0.15) is 18.1 Å². The van der Waals surface area contributed by atoms with E-state index in [9.17, 15) is 4.79 Å². The Bertz CT molecular complexity index is 1150. The summed E-state index contributed by atoms with van der Waals surface area (Å²) in [6, 6.07) is 19.7. The van der Waals surface area contributed by atoms with Gasteiger partial charge in [-0.1, -0.05) is 43.3 Å². The molecule has 0 aliphatic heterocycles. The second-order valence-corrected chi connectivity index (χ2v) is 6.57. The van der Waals surface area contributed by atoms with Crippen molar-refractivity contribution in [1.82, 2.24) is 4.98 Å². The van der Waals surface area contributed by atoms with Crippen LogP contribution >= 0.6 is 0 Å². The molecule has 1 amide bonds. The molecule has 0 unspecified atom stereocenters. The second kappa shape index (κ2) is 7.00. The van der Waals surface area contributed by atoms with E-state index in [1.807, 2.05) is 42.5 Å². The number of nitrogens with one attached hydrogen (secondary N) is 2. The first kappa shape index (κ1) is 16.9. The smallest absolute Gasteiger partial charge is 0.248 e. The van der Waals surface area contributed by atoms with Crippen molar-refractivity contribution in [2.75, 3.05) is 11.1 Å². The highest BCUT2D eigenvalue weighted by Gasteiger charge is 2.08. The number of aromatic nitrogens is 1. The van der Waals surface area contributed by atoms with Gasteiger partial charge in [0.15, 0.2) is 0 Å². The van der Waals surface area contributed by atoms with Crippen LogP contribution in [-0.4, -0.2) is 10.9 Å². The van der Waals surface area contributed by atoms with E-state index < -0.39 is 0 Å². The lowest BCUT2D eigenvalue weighted by Crippen LogP contribution is -2.07. The Morgan fingerprint density at radius 3 is 2.67 bits per heavy atom. The summed E-state index contributed by atoms with van der Waals surface area (Å²) in [7, 11) is 0. The Morgan fingerprint density at radius 1 is 1.07 bits per heavy atom. The van der Waals surface area contributed by atoms with Crippen LogP contribution in [0, 0.1) is 0 Å². The maximum Gasteiger partial charge on any atom is 0.248 e. The predicted octanol–water partition coefficient (Wildman–Crippen LogP) is 5.12. The molecule has 27 heavy (non-hydrogen) atoms.